The third-order valence-corrected chi connectivity index (χ3v) is 4.51. The lowest BCUT2D eigenvalue weighted by Gasteiger charge is -2.07. The first-order chi connectivity index (χ1) is 11.8. The number of anilines is 1. The quantitative estimate of drug-likeness (QED) is 0.333. The van der Waals surface area contributed by atoms with Gasteiger partial charge in [0.05, 0.1) is 11.0 Å². The van der Waals surface area contributed by atoms with Crippen molar-refractivity contribution in [1.29, 1.82) is 0 Å². The highest BCUT2D eigenvalue weighted by molar-refractivity contribution is 5.98. The molecule has 5 rings (SSSR count). The van der Waals surface area contributed by atoms with E-state index in [2.05, 4.69) is 41.4 Å². The molecule has 5 aromatic rings. The van der Waals surface area contributed by atoms with Crippen molar-refractivity contribution in [3.05, 3.63) is 72.8 Å². The van der Waals surface area contributed by atoms with Crippen LogP contribution in [0.5, 0.6) is 0 Å². The third-order valence-electron chi connectivity index (χ3n) is 4.51. The number of hydrogen-bond acceptors (Lipinski definition) is 2. The van der Waals surface area contributed by atoms with E-state index in [4.69, 9.17) is 10.7 Å². The van der Waals surface area contributed by atoms with E-state index in [1.54, 1.807) is 0 Å². The van der Waals surface area contributed by atoms with Crippen LogP contribution in [0.3, 0.4) is 0 Å². The van der Waals surface area contributed by atoms with Gasteiger partial charge in [-0.15, -0.1) is 0 Å². The summed E-state index contributed by atoms with van der Waals surface area (Å²) in [6.45, 7) is 0. The molecule has 114 valence electrons. The minimum atomic E-state index is 0.756. The molecule has 3 N–H and O–H groups in total. The summed E-state index contributed by atoms with van der Waals surface area (Å²) in [4.78, 5) is 8.24. The molecule has 0 aliphatic rings. The van der Waals surface area contributed by atoms with Crippen molar-refractivity contribution in [3.8, 4) is 11.3 Å². The summed E-state index contributed by atoms with van der Waals surface area (Å²) in [5.74, 6) is 0. The fraction of sp³-hybridized carbons (Fsp3) is 0. The van der Waals surface area contributed by atoms with Gasteiger partial charge in [-0.2, -0.15) is 0 Å². The molecule has 0 atom stereocenters. The third kappa shape index (κ3) is 1.95. The lowest BCUT2D eigenvalue weighted by Crippen LogP contribution is -1.92. The summed E-state index contributed by atoms with van der Waals surface area (Å²) in [5, 5.41) is 3.37. The smallest absolute Gasteiger partial charge is 0.0718 e. The van der Waals surface area contributed by atoms with Gasteiger partial charge in [-0.3, -0.25) is 0 Å². The summed E-state index contributed by atoms with van der Waals surface area (Å²) < 4.78 is 0. The molecule has 0 saturated heterocycles. The first kappa shape index (κ1) is 13.1. The summed E-state index contributed by atoms with van der Waals surface area (Å²) in [7, 11) is 0. The number of nitrogens with one attached hydrogen (secondary N) is 1. The van der Waals surface area contributed by atoms with Crippen LogP contribution >= 0.6 is 0 Å². The molecule has 24 heavy (non-hydrogen) atoms. The van der Waals surface area contributed by atoms with Crippen LogP contribution < -0.4 is 5.73 Å². The predicted molar refractivity (Wildman–Crippen MR) is 101 cm³/mol. The highest BCUT2D eigenvalue weighted by Gasteiger charge is 2.09. The van der Waals surface area contributed by atoms with Gasteiger partial charge in [0.25, 0.3) is 0 Å². The normalized spacial score (nSPS) is 11.5. The molecule has 0 radical (unpaired) electrons. The maximum Gasteiger partial charge on any atom is 0.0718 e. The van der Waals surface area contributed by atoms with Crippen molar-refractivity contribution in [3.63, 3.8) is 0 Å². The number of nitrogens with zero attached hydrogens (tertiary/aromatic N) is 1. The van der Waals surface area contributed by atoms with E-state index in [0.717, 1.165) is 44.3 Å². The Hall–Kier alpha value is -3.33. The maximum atomic E-state index is 6.34. The Morgan fingerprint density at radius 3 is 2.38 bits per heavy atom. The monoisotopic (exact) mass is 309 g/mol. The number of benzene rings is 3. The van der Waals surface area contributed by atoms with Crippen LogP contribution in [-0.4, -0.2) is 9.97 Å². The largest absolute Gasteiger partial charge is 0.398 e. The molecule has 0 fully saturated rings. The average Bonchev–Trinajstić information content (AvgIpc) is 3.03. The van der Waals surface area contributed by atoms with Gasteiger partial charge in [0.1, 0.15) is 0 Å². The van der Waals surface area contributed by atoms with E-state index in [0.29, 0.717) is 0 Å². The second kappa shape index (κ2) is 4.83. The van der Waals surface area contributed by atoms with Crippen LogP contribution in [-0.2, 0) is 0 Å². The van der Waals surface area contributed by atoms with Crippen molar-refractivity contribution in [1.82, 2.24) is 9.97 Å². The van der Waals surface area contributed by atoms with Gasteiger partial charge in [-0.05, 0) is 36.4 Å². The van der Waals surface area contributed by atoms with E-state index < -0.39 is 0 Å². The Morgan fingerprint density at radius 2 is 1.50 bits per heavy atom. The lowest BCUT2D eigenvalue weighted by atomic mass is 10.0. The zero-order valence-corrected chi connectivity index (χ0v) is 13.0. The van der Waals surface area contributed by atoms with Crippen LogP contribution in [0.4, 0.5) is 5.69 Å². The van der Waals surface area contributed by atoms with Gasteiger partial charge >= 0.3 is 0 Å². The van der Waals surface area contributed by atoms with Gasteiger partial charge in [0.2, 0.25) is 0 Å². The number of H-pyrrole nitrogens is 1. The second-order valence-electron chi connectivity index (χ2n) is 6.08. The Bertz CT molecular complexity index is 1180. The van der Waals surface area contributed by atoms with Gasteiger partial charge in [-0.1, -0.05) is 36.4 Å². The fourth-order valence-corrected chi connectivity index (χ4v) is 3.30. The molecule has 2 heterocycles. The van der Waals surface area contributed by atoms with Gasteiger partial charge < -0.3 is 10.7 Å². The van der Waals surface area contributed by atoms with Crippen molar-refractivity contribution in [2.24, 2.45) is 0 Å². The number of aromatic nitrogens is 2. The number of aromatic amines is 1. The SMILES string of the molecule is Nc1cc2cc3ccccc3nc2cc1-c1cc2ccccc2[nH]1. The molecule has 0 amide bonds. The van der Waals surface area contributed by atoms with Crippen LogP contribution in [0.1, 0.15) is 0 Å². The van der Waals surface area contributed by atoms with E-state index in [-0.39, 0.29) is 0 Å². The Kier molecular flexibility index (Phi) is 2.65. The van der Waals surface area contributed by atoms with Gasteiger partial charge in [-0.25, -0.2) is 4.98 Å². The van der Waals surface area contributed by atoms with Crippen molar-refractivity contribution in [2.45, 2.75) is 0 Å². The average molecular weight is 309 g/mol. The molecule has 0 bridgehead atoms. The number of rotatable bonds is 1. The summed E-state index contributed by atoms with van der Waals surface area (Å²) in [6, 6.07) is 24.7. The predicted octanol–water partition coefficient (Wildman–Crippen LogP) is 5.12. The summed E-state index contributed by atoms with van der Waals surface area (Å²) in [5.41, 5.74) is 12.2. The molecule has 0 aliphatic carbocycles. The minimum absolute atomic E-state index is 0.756. The molecular formula is C21H15N3. The van der Waals surface area contributed by atoms with Gasteiger partial charge in [0, 0.05) is 38.6 Å². The van der Waals surface area contributed by atoms with E-state index >= 15 is 0 Å². The molecule has 0 saturated carbocycles. The Balaban J connectivity index is 1.78. The first-order valence-electron chi connectivity index (χ1n) is 7.95. The number of hydrogen-bond donors (Lipinski definition) is 2. The molecule has 0 unspecified atom stereocenters. The molecule has 3 nitrogen and oxygen atoms in total. The van der Waals surface area contributed by atoms with Crippen LogP contribution in [0.25, 0.3) is 44.0 Å². The van der Waals surface area contributed by atoms with Crippen molar-refractivity contribution >= 4 is 38.4 Å². The molecule has 0 aliphatic heterocycles. The van der Waals surface area contributed by atoms with Crippen molar-refractivity contribution in [2.75, 3.05) is 5.73 Å². The van der Waals surface area contributed by atoms with E-state index in [9.17, 15) is 0 Å². The molecular weight excluding hydrogens is 294 g/mol. The van der Waals surface area contributed by atoms with Gasteiger partial charge in [0.15, 0.2) is 0 Å². The van der Waals surface area contributed by atoms with Crippen LogP contribution in [0, 0.1) is 0 Å². The standard InChI is InChI=1S/C21H15N3/c22-17-10-15-9-13-5-1-3-7-18(13)23-20(15)12-16(17)21-11-14-6-2-4-8-19(14)24-21/h1-12,24H,22H2. The molecule has 0 spiro atoms. The maximum absolute atomic E-state index is 6.34. The Morgan fingerprint density at radius 1 is 0.708 bits per heavy atom. The fourth-order valence-electron chi connectivity index (χ4n) is 3.30. The second-order valence-corrected chi connectivity index (χ2v) is 6.08. The zero-order chi connectivity index (χ0) is 16.1. The summed E-state index contributed by atoms with van der Waals surface area (Å²) >= 11 is 0. The van der Waals surface area contributed by atoms with E-state index in [1.807, 2.05) is 36.4 Å². The number of pyridine rings is 1. The highest BCUT2D eigenvalue weighted by atomic mass is 14.7. The van der Waals surface area contributed by atoms with Crippen LogP contribution in [0.2, 0.25) is 0 Å². The minimum Gasteiger partial charge on any atom is -0.398 e. The number of para-hydroxylation sites is 2. The number of fused-ring (bicyclic) bond motifs is 3. The first-order valence-corrected chi connectivity index (χ1v) is 7.95. The molecule has 3 heteroatoms. The zero-order valence-electron chi connectivity index (χ0n) is 13.0. The highest BCUT2D eigenvalue weighted by Crippen LogP contribution is 2.32. The summed E-state index contributed by atoms with van der Waals surface area (Å²) in [6.07, 6.45) is 0. The number of nitrogens with two attached hydrogens (primary N) is 1. The van der Waals surface area contributed by atoms with E-state index in [1.165, 1.54) is 5.39 Å². The van der Waals surface area contributed by atoms with Crippen molar-refractivity contribution < 1.29 is 0 Å². The van der Waals surface area contributed by atoms with Crippen LogP contribution in [0.15, 0.2) is 72.8 Å². The Labute approximate surface area is 138 Å². The lowest BCUT2D eigenvalue weighted by molar-refractivity contribution is 1.44. The number of nitrogen functional groups attached to an aromatic ring is 1. The molecule has 2 aromatic heterocycles. The topological polar surface area (TPSA) is 54.7 Å². The molecule has 3 aromatic carbocycles.